The Kier molecular flexibility index (Phi) is 8.19. The monoisotopic (exact) mass is 405 g/mol. The minimum absolute atomic E-state index is 0.116. The van der Waals surface area contributed by atoms with Crippen LogP contribution in [0.15, 0.2) is 65.3 Å². The van der Waals surface area contributed by atoms with Crippen molar-refractivity contribution in [3.63, 3.8) is 0 Å². The molecule has 0 amide bonds. The van der Waals surface area contributed by atoms with E-state index in [9.17, 15) is 0 Å². The van der Waals surface area contributed by atoms with Gasteiger partial charge in [0.15, 0.2) is 0 Å². The molecule has 0 fully saturated rings. The Labute approximate surface area is 180 Å². The summed E-state index contributed by atoms with van der Waals surface area (Å²) in [6, 6.07) is 17.3. The summed E-state index contributed by atoms with van der Waals surface area (Å²) in [6.45, 7) is 6.10. The van der Waals surface area contributed by atoms with E-state index in [1.807, 2.05) is 18.3 Å². The molecule has 2 aromatic carbocycles. The Morgan fingerprint density at radius 1 is 1.20 bits per heavy atom. The molecule has 0 spiro atoms. The van der Waals surface area contributed by atoms with Crippen LogP contribution in [0.4, 0.5) is 17.1 Å². The minimum Gasteiger partial charge on any atom is -0.404 e. The standard InChI is InChI=1S/C25H35N5/c1-3-8-19-9-7-10-22(15-19)27-14-13-21(4-2)28-17-20(16-26)25-18-29-23-11-5-6-12-24(23)30-25/h5-7,9-12,15-17,21,25,27,29-30H,3-4,8,13-14,18,26H2,1-2H3. The van der Waals surface area contributed by atoms with Gasteiger partial charge in [-0.25, -0.2) is 0 Å². The lowest BCUT2D eigenvalue weighted by molar-refractivity contribution is 0.618. The van der Waals surface area contributed by atoms with E-state index in [0.29, 0.717) is 0 Å². The molecular formula is C25H35N5. The van der Waals surface area contributed by atoms with Gasteiger partial charge in [-0.1, -0.05) is 44.5 Å². The van der Waals surface area contributed by atoms with Crippen LogP contribution in [0.25, 0.3) is 0 Å². The van der Waals surface area contributed by atoms with Crippen molar-refractivity contribution in [1.29, 1.82) is 0 Å². The third-order valence-corrected chi connectivity index (χ3v) is 5.53. The summed E-state index contributed by atoms with van der Waals surface area (Å²) in [7, 11) is 0. The Hall–Kier alpha value is -2.95. The van der Waals surface area contributed by atoms with E-state index in [1.54, 1.807) is 6.20 Å². The summed E-state index contributed by atoms with van der Waals surface area (Å²) in [6.07, 6.45) is 7.90. The third-order valence-electron chi connectivity index (χ3n) is 5.53. The van der Waals surface area contributed by atoms with E-state index >= 15 is 0 Å². The topological polar surface area (TPSA) is 74.5 Å². The SMILES string of the molecule is CCCc1cccc(NCCC(CC)N=CC(=CN)C2CNc3ccccc3N2)c1. The maximum absolute atomic E-state index is 5.93. The van der Waals surface area contributed by atoms with Crippen LogP contribution in [0, 0.1) is 0 Å². The smallest absolute Gasteiger partial charge is 0.0716 e. The highest BCUT2D eigenvalue weighted by Gasteiger charge is 2.19. The number of para-hydroxylation sites is 2. The minimum atomic E-state index is 0.116. The molecule has 160 valence electrons. The van der Waals surface area contributed by atoms with Gasteiger partial charge in [0.2, 0.25) is 0 Å². The first-order valence-corrected chi connectivity index (χ1v) is 11.1. The molecule has 0 radical (unpaired) electrons. The lowest BCUT2D eigenvalue weighted by Gasteiger charge is -2.29. The molecule has 3 rings (SSSR count). The fourth-order valence-electron chi connectivity index (χ4n) is 3.75. The molecule has 2 aromatic rings. The van der Waals surface area contributed by atoms with E-state index in [0.717, 1.165) is 49.3 Å². The van der Waals surface area contributed by atoms with Gasteiger partial charge in [0.1, 0.15) is 0 Å². The molecule has 1 aliphatic rings. The van der Waals surface area contributed by atoms with Crippen LogP contribution in [-0.2, 0) is 6.42 Å². The van der Waals surface area contributed by atoms with Gasteiger partial charge in [-0.05, 0) is 49.1 Å². The molecule has 1 heterocycles. The predicted octanol–water partition coefficient (Wildman–Crippen LogP) is 5.04. The largest absolute Gasteiger partial charge is 0.404 e. The molecule has 5 heteroatoms. The summed E-state index contributed by atoms with van der Waals surface area (Å²) >= 11 is 0. The molecule has 0 aromatic heterocycles. The highest BCUT2D eigenvalue weighted by atomic mass is 15.1. The van der Waals surface area contributed by atoms with Crippen molar-refractivity contribution < 1.29 is 0 Å². The van der Waals surface area contributed by atoms with Gasteiger partial charge in [-0.3, -0.25) is 4.99 Å². The van der Waals surface area contributed by atoms with E-state index in [2.05, 4.69) is 66.2 Å². The fourth-order valence-corrected chi connectivity index (χ4v) is 3.75. The van der Waals surface area contributed by atoms with Crippen LogP contribution in [0.1, 0.15) is 38.7 Å². The van der Waals surface area contributed by atoms with Gasteiger partial charge in [0, 0.05) is 36.8 Å². The number of hydrogen-bond donors (Lipinski definition) is 4. The summed E-state index contributed by atoms with van der Waals surface area (Å²) in [4.78, 5) is 4.84. The molecule has 2 atom stereocenters. The predicted molar refractivity (Wildman–Crippen MR) is 131 cm³/mol. The molecule has 1 aliphatic heterocycles. The number of fused-ring (bicyclic) bond motifs is 1. The van der Waals surface area contributed by atoms with Crippen molar-refractivity contribution in [2.45, 2.75) is 51.6 Å². The number of nitrogens with one attached hydrogen (secondary N) is 3. The molecule has 0 bridgehead atoms. The van der Waals surface area contributed by atoms with Crippen LogP contribution >= 0.6 is 0 Å². The highest BCUT2D eigenvalue weighted by Crippen LogP contribution is 2.26. The van der Waals surface area contributed by atoms with Crippen LogP contribution in [0.5, 0.6) is 0 Å². The first kappa shape index (κ1) is 21.8. The molecule has 5 nitrogen and oxygen atoms in total. The third kappa shape index (κ3) is 6.02. The number of benzene rings is 2. The van der Waals surface area contributed by atoms with Gasteiger partial charge in [0.05, 0.1) is 23.5 Å². The second-order valence-electron chi connectivity index (χ2n) is 7.80. The molecule has 0 saturated carbocycles. The first-order chi connectivity index (χ1) is 14.7. The van der Waals surface area contributed by atoms with Crippen LogP contribution < -0.4 is 21.7 Å². The second-order valence-corrected chi connectivity index (χ2v) is 7.80. The zero-order valence-corrected chi connectivity index (χ0v) is 18.2. The van der Waals surface area contributed by atoms with Crippen molar-refractivity contribution in [3.05, 3.63) is 65.9 Å². The normalized spacial score (nSPS) is 17.1. The van der Waals surface area contributed by atoms with Gasteiger partial charge in [0.25, 0.3) is 0 Å². The van der Waals surface area contributed by atoms with Gasteiger partial charge in [-0.2, -0.15) is 0 Å². The number of nitrogens with two attached hydrogens (primary N) is 1. The van der Waals surface area contributed by atoms with Crippen molar-refractivity contribution in [3.8, 4) is 0 Å². The molecule has 5 N–H and O–H groups in total. The van der Waals surface area contributed by atoms with Gasteiger partial charge >= 0.3 is 0 Å². The summed E-state index contributed by atoms with van der Waals surface area (Å²) in [5.74, 6) is 0. The molecule has 2 unspecified atom stereocenters. The van der Waals surface area contributed by atoms with Crippen molar-refractivity contribution >= 4 is 23.3 Å². The Morgan fingerprint density at radius 2 is 2.03 bits per heavy atom. The fraction of sp³-hybridized carbons (Fsp3) is 0.400. The Bertz CT molecular complexity index is 858. The summed E-state index contributed by atoms with van der Waals surface area (Å²) in [5.41, 5.74) is 11.8. The van der Waals surface area contributed by atoms with Gasteiger partial charge < -0.3 is 21.7 Å². The zero-order chi connectivity index (χ0) is 21.2. The van der Waals surface area contributed by atoms with Crippen LogP contribution in [-0.4, -0.2) is 31.4 Å². The summed E-state index contributed by atoms with van der Waals surface area (Å²) in [5, 5.41) is 10.6. The Balaban J connectivity index is 1.52. The molecule has 30 heavy (non-hydrogen) atoms. The molecular weight excluding hydrogens is 370 g/mol. The number of nitrogens with zero attached hydrogens (tertiary/aromatic N) is 1. The quantitative estimate of drug-likeness (QED) is 0.418. The van der Waals surface area contributed by atoms with Crippen LogP contribution in [0.2, 0.25) is 0 Å². The highest BCUT2D eigenvalue weighted by molar-refractivity contribution is 5.83. The lowest BCUT2D eigenvalue weighted by Crippen LogP contribution is -2.35. The number of aryl methyl sites for hydroxylation is 1. The average molecular weight is 406 g/mol. The van der Waals surface area contributed by atoms with E-state index in [4.69, 9.17) is 10.7 Å². The lowest BCUT2D eigenvalue weighted by atomic mass is 10.0. The maximum atomic E-state index is 5.93. The number of anilines is 3. The van der Waals surface area contributed by atoms with E-state index in [-0.39, 0.29) is 12.1 Å². The molecule has 0 aliphatic carbocycles. The average Bonchev–Trinajstić information content (AvgIpc) is 2.78. The zero-order valence-electron chi connectivity index (χ0n) is 18.2. The van der Waals surface area contributed by atoms with Crippen molar-refractivity contribution in [2.75, 3.05) is 29.0 Å². The number of hydrogen-bond acceptors (Lipinski definition) is 5. The van der Waals surface area contributed by atoms with E-state index in [1.165, 1.54) is 17.7 Å². The Morgan fingerprint density at radius 3 is 2.80 bits per heavy atom. The van der Waals surface area contributed by atoms with Gasteiger partial charge in [-0.15, -0.1) is 0 Å². The van der Waals surface area contributed by atoms with E-state index < -0.39 is 0 Å². The van der Waals surface area contributed by atoms with Crippen molar-refractivity contribution in [1.82, 2.24) is 0 Å². The molecule has 0 saturated heterocycles. The maximum Gasteiger partial charge on any atom is 0.0716 e. The first-order valence-electron chi connectivity index (χ1n) is 11.1. The number of aliphatic imine (C=N–C) groups is 1. The number of rotatable bonds is 10. The van der Waals surface area contributed by atoms with Crippen LogP contribution in [0.3, 0.4) is 0 Å². The van der Waals surface area contributed by atoms with Crippen molar-refractivity contribution in [2.24, 2.45) is 10.7 Å². The second kappa shape index (κ2) is 11.3. The summed E-state index contributed by atoms with van der Waals surface area (Å²) < 4.78 is 0.